The van der Waals surface area contributed by atoms with E-state index in [1.165, 1.54) is 6.08 Å². The molecule has 0 spiro atoms. The topological polar surface area (TPSA) is 57.0 Å². The molecule has 5 nitrogen and oxygen atoms in total. The van der Waals surface area contributed by atoms with Gasteiger partial charge < -0.3 is 9.47 Å². The highest BCUT2D eigenvalue weighted by molar-refractivity contribution is 5.91. The van der Waals surface area contributed by atoms with Gasteiger partial charge in [0.1, 0.15) is 6.61 Å². The Morgan fingerprint density at radius 2 is 1.69 bits per heavy atom. The van der Waals surface area contributed by atoms with E-state index in [1.807, 2.05) is 5.92 Å². The molecule has 1 aromatic carbocycles. The van der Waals surface area contributed by atoms with E-state index < -0.39 is 82.7 Å². The molecule has 1 aliphatic rings. The number of rotatable bonds is 7. The van der Waals surface area contributed by atoms with E-state index in [1.54, 1.807) is 27.7 Å². The molecule has 0 saturated heterocycles. The number of allylic oxidation sites excluding steroid dienone is 1. The number of hydrogen-bond donors (Lipinski definition) is 0. The summed E-state index contributed by atoms with van der Waals surface area (Å²) in [4.78, 5) is 27.6. The number of terminal acetylenes is 1. The van der Waals surface area contributed by atoms with Crippen molar-refractivity contribution in [1.82, 2.24) is 0 Å². The van der Waals surface area contributed by atoms with Crippen LogP contribution in [0.4, 0.5) is 17.6 Å². The Labute approximate surface area is 183 Å². The molecule has 2 atom stereocenters. The van der Waals surface area contributed by atoms with Crippen molar-refractivity contribution >= 4 is 11.9 Å². The molecule has 0 aliphatic heterocycles. The largest absolute Gasteiger partial charge is 0.468 e. The zero-order chi connectivity index (χ0) is 24.4. The Kier molecular flexibility index (Phi) is 7.35. The van der Waals surface area contributed by atoms with Gasteiger partial charge in [-0.25, -0.2) is 22.4 Å². The van der Waals surface area contributed by atoms with Crippen LogP contribution >= 0.6 is 0 Å². The van der Waals surface area contributed by atoms with Crippen LogP contribution < -0.4 is 0 Å². The fourth-order valence-electron chi connectivity index (χ4n) is 3.37. The predicted octanol–water partition coefficient (Wildman–Crippen LogP) is 4.49. The zero-order valence-electron chi connectivity index (χ0n) is 17.9. The average molecular weight is 451 g/mol. The van der Waals surface area contributed by atoms with Crippen LogP contribution in [0.2, 0.25) is 0 Å². The third-order valence-corrected chi connectivity index (χ3v) is 5.26. The molecule has 32 heavy (non-hydrogen) atoms. The summed E-state index contributed by atoms with van der Waals surface area (Å²) in [5, 5.41) is 0. The van der Waals surface area contributed by atoms with Crippen molar-refractivity contribution in [2.24, 2.45) is 17.3 Å². The molecule has 0 N–H and O–H groups in total. The maximum Gasteiger partial charge on any atom is 0.336 e. The number of halogens is 4. The van der Waals surface area contributed by atoms with E-state index in [9.17, 15) is 27.2 Å². The van der Waals surface area contributed by atoms with Crippen molar-refractivity contribution in [3.8, 4) is 12.3 Å². The Hall–Kier alpha value is -3.33. The minimum absolute atomic E-state index is 0.308. The second-order valence-electron chi connectivity index (χ2n) is 8.14. The molecule has 0 amide bonds. The summed E-state index contributed by atoms with van der Waals surface area (Å²) in [5.41, 5.74) is -3.04. The van der Waals surface area contributed by atoms with Crippen molar-refractivity contribution in [2.75, 3.05) is 0 Å². The van der Waals surface area contributed by atoms with Gasteiger partial charge in [-0.3, -0.25) is 9.59 Å². The van der Waals surface area contributed by atoms with Crippen LogP contribution in [0.25, 0.3) is 4.85 Å². The maximum absolute atomic E-state index is 14.2. The standard InChI is InChI=1S/C23H21F4NO4/c1-7-8-12-17(24)19(26)13(20(27)18(12)25)10-31-22(30)16-14(23(16,4)5)9-15(28-6)21(29)32-11(2)3/h1,9,11,14,16H,8,10H2,2-5H3/b15-9-. The molecule has 0 heterocycles. The van der Waals surface area contributed by atoms with Crippen molar-refractivity contribution in [3.05, 3.63) is 57.6 Å². The number of nitrogens with zero attached hydrogens (tertiary/aromatic N) is 1. The van der Waals surface area contributed by atoms with E-state index in [2.05, 4.69) is 4.85 Å². The fraction of sp³-hybridized carbons (Fsp3) is 0.435. The zero-order valence-corrected chi connectivity index (χ0v) is 17.9. The van der Waals surface area contributed by atoms with Crippen molar-refractivity contribution in [3.63, 3.8) is 0 Å². The van der Waals surface area contributed by atoms with Gasteiger partial charge in [0.2, 0.25) is 0 Å². The minimum atomic E-state index is -1.69. The van der Waals surface area contributed by atoms with Crippen LogP contribution in [-0.4, -0.2) is 18.0 Å². The normalized spacial score (nSPS) is 19.2. The van der Waals surface area contributed by atoms with E-state index in [4.69, 9.17) is 22.5 Å². The summed E-state index contributed by atoms with van der Waals surface area (Å²) in [5.74, 6) is -7.94. The monoisotopic (exact) mass is 451 g/mol. The van der Waals surface area contributed by atoms with Crippen LogP contribution in [0.1, 0.15) is 38.8 Å². The van der Waals surface area contributed by atoms with Gasteiger partial charge in [0, 0.05) is 12.0 Å². The maximum atomic E-state index is 14.2. The molecule has 170 valence electrons. The molecule has 1 saturated carbocycles. The summed E-state index contributed by atoms with van der Waals surface area (Å²) in [7, 11) is 0. The second-order valence-corrected chi connectivity index (χ2v) is 8.14. The Morgan fingerprint density at radius 1 is 1.16 bits per heavy atom. The third kappa shape index (κ3) is 4.77. The highest BCUT2D eigenvalue weighted by Gasteiger charge is 2.61. The van der Waals surface area contributed by atoms with Crippen LogP contribution in [0.5, 0.6) is 0 Å². The van der Waals surface area contributed by atoms with E-state index in [0.717, 1.165) is 0 Å². The second kappa shape index (κ2) is 9.44. The minimum Gasteiger partial charge on any atom is -0.468 e. The average Bonchev–Trinajstić information content (AvgIpc) is 3.26. The molecule has 1 aliphatic carbocycles. The van der Waals surface area contributed by atoms with Crippen molar-refractivity contribution < 1.29 is 36.6 Å². The lowest BCUT2D eigenvalue weighted by Gasteiger charge is -2.11. The summed E-state index contributed by atoms with van der Waals surface area (Å²) in [6, 6.07) is 0. The predicted molar refractivity (Wildman–Crippen MR) is 105 cm³/mol. The van der Waals surface area contributed by atoms with Gasteiger partial charge in [0.05, 0.1) is 24.2 Å². The van der Waals surface area contributed by atoms with Gasteiger partial charge in [-0.05, 0) is 25.2 Å². The van der Waals surface area contributed by atoms with Gasteiger partial charge in [0.15, 0.2) is 23.3 Å². The first-order valence-electron chi connectivity index (χ1n) is 9.62. The smallest absolute Gasteiger partial charge is 0.336 e. The van der Waals surface area contributed by atoms with Crippen LogP contribution in [0, 0.1) is 59.4 Å². The summed E-state index contributed by atoms with van der Waals surface area (Å²) in [6.07, 6.45) is 5.14. The SMILES string of the molecule is [C-]#[N+]/C(=C\C1C(C(=O)OCc2c(F)c(F)c(CC#C)c(F)c2F)C1(C)C)C(=O)OC(C)C. The molecule has 0 radical (unpaired) electrons. The lowest BCUT2D eigenvalue weighted by atomic mass is 10.1. The van der Waals surface area contributed by atoms with Crippen molar-refractivity contribution in [1.29, 1.82) is 0 Å². The number of esters is 2. The first kappa shape index (κ1) is 24.9. The van der Waals surface area contributed by atoms with Crippen molar-refractivity contribution in [2.45, 2.75) is 46.8 Å². The van der Waals surface area contributed by atoms with Gasteiger partial charge in [0.25, 0.3) is 5.70 Å². The summed E-state index contributed by atoms with van der Waals surface area (Å²) in [6.45, 7) is 12.7. The molecule has 2 rings (SSSR count). The Bertz CT molecular complexity index is 1030. The van der Waals surface area contributed by atoms with E-state index in [0.29, 0.717) is 0 Å². The first-order chi connectivity index (χ1) is 14.9. The molecule has 9 heteroatoms. The van der Waals surface area contributed by atoms with Gasteiger partial charge >= 0.3 is 11.9 Å². The lowest BCUT2D eigenvalue weighted by Crippen LogP contribution is -2.15. The number of ether oxygens (including phenoxy) is 2. The highest BCUT2D eigenvalue weighted by Crippen LogP contribution is 2.60. The van der Waals surface area contributed by atoms with Crippen LogP contribution in [0.15, 0.2) is 11.8 Å². The molecule has 1 fully saturated rings. The number of hydrogen-bond acceptors (Lipinski definition) is 4. The van der Waals surface area contributed by atoms with Gasteiger partial charge in [-0.2, -0.15) is 0 Å². The number of carbonyl (C=O) groups excluding carboxylic acids is 2. The molecule has 1 aromatic rings. The Balaban J connectivity index is 2.19. The molecule has 0 bridgehead atoms. The number of carbonyl (C=O) groups is 2. The summed E-state index contributed by atoms with van der Waals surface area (Å²) >= 11 is 0. The van der Waals surface area contributed by atoms with E-state index >= 15 is 0 Å². The van der Waals surface area contributed by atoms with Crippen LogP contribution in [0.3, 0.4) is 0 Å². The molecule has 2 unspecified atom stereocenters. The molecule has 0 aromatic heterocycles. The van der Waals surface area contributed by atoms with Gasteiger partial charge in [-0.1, -0.05) is 19.9 Å². The molecular formula is C23H21F4NO4. The third-order valence-electron chi connectivity index (χ3n) is 5.26. The van der Waals surface area contributed by atoms with Crippen LogP contribution in [-0.2, 0) is 32.1 Å². The fourth-order valence-corrected chi connectivity index (χ4v) is 3.37. The quantitative estimate of drug-likeness (QED) is 0.153. The summed E-state index contributed by atoms with van der Waals surface area (Å²) < 4.78 is 66.3. The van der Waals surface area contributed by atoms with E-state index in [-0.39, 0.29) is 5.70 Å². The highest BCUT2D eigenvalue weighted by atomic mass is 19.2. The molecular weight excluding hydrogens is 430 g/mol. The number of benzene rings is 1. The Morgan fingerprint density at radius 3 is 2.16 bits per heavy atom. The van der Waals surface area contributed by atoms with Gasteiger partial charge in [-0.15, -0.1) is 12.3 Å². The first-order valence-corrected chi connectivity index (χ1v) is 9.62. The lowest BCUT2D eigenvalue weighted by molar-refractivity contribution is -0.148.